The van der Waals surface area contributed by atoms with Gasteiger partial charge in [-0.15, -0.1) is 6.58 Å². The van der Waals surface area contributed by atoms with Crippen LogP contribution in [0.2, 0.25) is 0 Å². The minimum absolute atomic E-state index is 0.00821. The predicted octanol–water partition coefficient (Wildman–Crippen LogP) is 2.11. The second-order valence-electron chi connectivity index (χ2n) is 4.85. The molecule has 2 rings (SSSR count). The van der Waals surface area contributed by atoms with E-state index in [0.717, 1.165) is 5.56 Å². The van der Waals surface area contributed by atoms with Crippen LogP contribution in [0.1, 0.15) is 15.9 Å². The highest BCUT2D eigenvalue weighted by Gasteiger charge is 2.16. The zero-order valence-corrected chi connectivity index (χ0v) is 13.4. The zero-order chi connectivity index (χ0) is 16.9. The molecule has 7 heteroatoms. The summed E-state index contributed by atoms with van der Waals surface area (Å²) in [6.07, 6.45) is 3.11. The second-order valence-corrected chi connectivity index (χ2v) is 6.54. The largest absolute Gasteiger partial charge is 0.349 e. The van der Waals surface area contributed by atoms with Gasteiger partial charge in [0.2, 0.25) is 0 Å². The highest BCUT2D eigenvalue weighted by atomic mass is 32.2. The fourth-order valence-electron chi connectivity index (χ4n) is 1.80. The van der Waals surface area contributed by atoms with Crippen molar-refractivity contribution in [1.29, 1.82) is 0 Å². The standard InChI is InChI=1S/C16H17N3O3S/c1-3-9-17-16(20)13-5-4-6-14(10-13)23(21,22)19-15-8-7-12(2)11-18-15/h3-8,10-11H,1,9H2,2H3,(H,17,20)(H,18,19). The smallest absolute Gasteiger partial charge is 0.263 e. The molecule has 1 amide bonds. The normalized spacial score (nSPS) is 10.8. The first kappa shape index (κ1) is 16.7. The zero-order valence-electron chi connectivity index (χ0n) is 12.6. The van der Waals surface area contributed by atoms with Gasteiger partial charge < -0.3 is 5.32 Å². The number of amides is 1. The molecule has 1 aromatic heterocycles. The van der Waals surface area contributed by atoms with E-state index in [1.807, 2.05) is 6.92 Å². The number of nitrogens with zero attached hydrogens (tertiary/aromatic N) is 1. The third kappa shape index (κ3) is 4.40. The number of benzene rings is 1. The number of hydrogen-bond acceptors (Lipinski definition) is 4. The van der Waals surface area contributed by atoms with Crippen molar-refractivity contribution in [3.63, 3.8) is 0 Å². The molecule has 0 aliphatic rings. The number of aromatic nitrogens is 1. The summed E-state index contributed by atoms with van der Waals surface area (Å²) in [5, 5.41) is 2.60. The van der Waals surface area contributed by atoms with Crippen LogP contribution in [0.25, 0.3) is 0 Å². The van der Waals surface area contributed by atoms with Crippen molar-refractivity contribution in [2.45, 2.75) is 11.8 Å². The number of hydrogen-bond donors (Lipinski definition) is 2. The van der Waals surface area contributed by atoms with Crippen LogP contribution in [0.4, 0.5) is 5.82 Å². The Balaban J connectivity index is 2.24. The number of anilines is 1. The molecule has 0 bridgehead atoms. The van der Waals surface area contributed by atoms with E-state index in [4.69, 9.17) is 0 Å². The summed E-state index contributed by atoms with van der Waals surface area (Å²) in [5.41, 5.74) is 1.18. The molecule has 0 fully saturated rings. The Hall–Kier alpha value is -2.67. The molecule has 0 aliphatic heterocycles. The molecule has 2 N–H and O–H groups in total. The van der Waals surface area contributed by atoms with Gasteiger partial charge in [-0.2, -0.15) is 0 Å². The Bertz CT molecular complexity index is 815. The van der Waals surface area contributed by atoms with Crippen LogP contribution in [-0.4, -0.2) is 25.9 Å². The number of carbonyl (C=O) groups is 1. The summed E-state index contributed by atoms with van der Waals surface area (Å²) in [4.78, 5) is 15.9. The summed E-state index contributed by atoms with van der Waals surface area (Å²) >= 11 is 0. The van der Waals surface area contributed by atoms with Crippen molar-refractivity contribution < 1.29 is 13.2 Å². The van der Waals surface area contributed by atoms with E-state index in [1.165, 1.54) is 18.2 Å². The van der Waals surface area contributed by atoms with Gasteiger partial charge >= 0.3 is 0 Å². The van der Waals surface area contributed by atoms with Crippen molar-refractivity contribution in [3.05, 3.63) is 66.4 Å². The van der Waals surface area contributed by atoms with Gasteiger partial charge in [0.1, 0.15) is 5.82 Å². The topological polar surface area (TPSA) is 88.2 Å². The molecule has 0 saturated carbocycles. The van der Waals surface area contributed by atoms with E-state index in [9.17, 15) is 13.2 Å². The van der Waals surface area contributed by atoms with E-state index in [-0.39, 0.29) is 22.2 Å². The fraction of sp³-hybridized carbons (Fsp3) is 0.125. The van der Waals surface area contributed by atoms with Gasteiger partial charge in [0.05, 0.1) is 4.90 Å². The molecule has 0 saturated heterocycles. The number of nitrogens with one attached hydrogen (secondary N) is 2. The van der Waals surface area contributed by atoms with E-state index in [2.05, 4.69) is 21.6 Å². The van der Waals surface area contributed by atoms with Crippen molar-refractivity contribution in [1.82, 2.24) is 10.3 Å². The molecule has 0 spiro atoms. The van der Waals surface area contributed by atoms with Crippen LogP contribution in [-0.2, 0) is 10.0 Å². The maximum Gasteiger partial charge on any atom is 0.263 e. The van der Waals surface area contributed by atoms with Crippen molar-refractivity contribution in [2.75, 3.05) is 11.3 Å². The van der Waals surface area contributed by atoms with Crippen LogP contribution >= 0.6 is 0 Å². The number of rotatable bonds is 6. The minimum Gasteiger partial charge on any atom is -0.349 e. The second kappa shape index (κ2) is 7.06. The molecular weight excluding hydrogens is 314 g/mol. The predicted molar refractivity (Wildman–Crippen MR) is 88.8 cm³/mol. The lowest BCUT2D eigenvalue weighted by atomic mass is 10.2. The van der Waals surface area contributed by atoms with Gasteiger partial charge in [-0.05, 0) is 36.8 Å². The maximum atomic E-state index is 12.4. The van der Waals surface area contributed by atoms with Gasteiger partial charge in [0.15, 0.2) is 0 Å². The molecule has 120 valence electrons. The molecule has 1 heterocycles. The maximum absolute atomic E-state index is 12.4. The molecule has 2 aromatic rings. The summed E-state index contributed by atoms with van der Waals surface area (Å²) in [7, 11) is -3.82. The monoisotopic (exact) mass is 331 g/mol. The summed E-state index contributed by atoms with van der Waals surface area (Å²) in [6.45, 7) is 5.67. The fourth-order valence-corrected chi connectivity index (χ4v) is 2.85. The number of sulfonamides is 1. The quantitative estimate of drug-likeness (QED) is 0.794. The lowest BCUT2D eigenvalue weighted by molar-refractivity contribution is 0.0958. The first-order valence-electron chi connectivity index (χ1n) is 6.87. The first-order chi connectivity index (χ1) is 10.9. The Labute approximate surface area is 135 Å². The molecule has 6 nitrogen and oxygen atoms in total. The highest BCUT2D eigenvalue weighted by molar-refractivity contribution is 7.92. The minimum atomic E-state index is -3.82. The van der Waals surface area contributed by atoms with Gasteiger partial charge in [-0.3, -0.25) is 9.52 Å². The van der Waals surface area contributed by atoms with E-state index >= 15 is 0 Å². The Morgan fingerprint density at radius 1 is 1.30 bits per heavy atom. The van der Waals surface area contributed by atoms with Crippen molar-refractivity contribution in [3.8, 4) is 0 Å². The summed E-state index contributed by atoms with van der Waals surface area (Å²) in [5.74, 6) is -0.146. The number of pyridine rings is 1. The molecule has 0 radical (unpaired) electrons. The Kier molecular flexibility index (Phi) is 5.13. The third-order valence-corrected chi connectivity index (χ3v) is 4.32. The van der Waals surface area contributed by atoms with E-state index < -0.39 is 10.0 Å². The molecule has 23 heavy (non-hydrogen) atoms. The van der Waals surface area contributed by atoms with Crippen LogP contribution in [0, 0.1) is 6.92 Å². The van der Waals surface area contributed by atoms with Crippen molar-refractivity contribution >= 4 is 21.7 Å². The highest BCUT2D eigenvalue weighted by Crippen LogP contribution is 2.16. The lowest BCUT2D eigenvalue weighted by Gasteiger charge is -2.09. The number of carbonyl (C=O) groups excluding carboxylic acids is 1. The molecular formula is C16H17N3O3S. The number of aryl methyl sites for hydroxylation is 1. The van der Waals surface area contributed by atoms with Crippen LogP contribution in [0.5, 0.6) is 0 Å². The van der Waals surface area contributed by atoms with Gasteiger partial charge in [-0.25, -0.2) is 13.4 Å². The van der Waals surface area contributed by atoms with E-state index in [1.54, 1.807) is 30.5 Å². The summed E-state index contributed by atoms with van der Waals surface area (Å²) in [6, 6.07) is 9.12. The molecule has 0 unspecified atom stereocenters. The third-order valence-electron chi connectivity index (χ3n) is 2.96. The average molecular weight is 331 g/mol. The molecule has 0 atom stereocenters. The van der Waals surface area contributed by atoms with Crippen molar-refractivity contribution in [2.24, 2.45) is 0 Å². The summed E-state index contributed by atoms with van der Waals surface area (Å²) < 4.78 is 27.1. The van der Waals surface area contributed by atoms with Gasteiger partial charge in [0, 0.05) is 18.3 Å². The van der Waals surface area contributed by atoms with Crippen LogP contribution < -0.4 is 10.0 Å². The lowest BCUT2D eigenvalue weighted by Crippen LogP contribution is -2.23. The molecule has 1 aromatic carbocycles. The average Bonchev–Trinajstić information content (AvgIpc) is 2.54. The van der Waals surface area contributed by atoms with Crippen LogP contribution in [0.3, 0.4) is 0 Å². The first-order valence-corrected chi connectivity index (χ1v) is 8.35. The van der Waals surface area contributed by atoms with Gasteiger partial charge in [0.25, 0.3) is 15.9 Å². The van der Waals surface area contributed by atoms with Crippen LogP contribution in [0.15, 0.2) is 60.1 Å². The SMILES string of the molecule is C=CCNC(=O)c1cccc(S(=O)(=O)Nc2ccc(C)cn2)c1. The molecule has 0 aliphatic carbocycles. The van der Waals surface area contributed by atoms with Gasteiger partial charge in [-0.1, -0.05) is 18.2 Å². The van der Waals surface area contributed by atoms with E-state index in [0.29, 0.717) is 6.54 Å². The Morgan fingerprint density at radius 3 is 2.74 bits per heavy atom. The Morgan fingerprint density at radius 2 is 2.09 bits per heavy atom.